The minimum Gasteiger partial charge on any atom is -0.392 e. The molecule has 0 spiro atoms. The van der Waals surface area contributed by atoms with Gasteiger partial charge in [-0.3, -0.25) is 9.59 Å². The first-order chi connectivity index (χ1) is 28.6. The van der Waals surface area contributed by atoms with Gasteiger partial charge in [0.2, 0.25) is 5.91 Å². The number of halogens is 3. The van der Waals surface area contributed by atoms with E-state index in [1.165, 1.54) is 77.0 Å². The zero-order chi connectivity index (χ0) is 42.0. The van der Waals surface area contributed by atoms with Gasteiger partial charge >= 0.3 is 12.1 Å². The normalized spacial score (nSPS) is 19.7. The second kappa shape index (κ2) is 23.9. The minimum absolute atomic E-state index is 0.0113. The molecule has 59 heavy (non-hydrogen) atoms. The number of nitrogens with one attached hydrogen (secondary N) is 1. The van der Waals surface area contributed by atoms with Crippen LogP contribution in [0.4, 0.5) is 13.2 Å². The van der Waals surface area contributed by atoms with Crippen molar-refractivity contribution in [2.45, 2.75) is 154 Å². The van der Waals surface area contributed by atoms with E-state index in [0.717, 1.165) is 59.4 Å². The van der Waals surface area contributed by atoms with Crippen LogP contribution in [0.2, 0.25) is 0 Å². The van der Waals surface area contributed by atoms with Gasteiger partial charge in [-0.15, -0.1) is 0 Å². The van der Waals surface area contributed by atoms with Crippen LogP contribution in [0, 0.1) is 0 Å². The van der Waals surface area contributed by atoms with E-state index in [0.29, 0.717) is 11.3 Å². The number of rotatable bonds is 23. The number of alkyl halides is 3. The maximum absolute atomic E-state index is 13.1. The Morgan fingerprint density at radius 2 is 1.41 bits per heavy atom. The molecule has 0 radical (unpaired) electrons. The highest BCUT2D eigenvalue weighted by Crippen LogP contribution is 2.39. The number of carbonyl (C=O) groups is 2. The van der Waals surface area contributed by atoms with Crippen LogP contribution in [-0.2, 0) is 32.2 Å². The number of unbranched alkanes of at least 4 members (excludes halogenated alkanes) is 10. The number of nitrogens with zero attached hydrogens (tertiary/aromatic N) is 2. The Morgan fingerprint density at radius 1 is 0.780 bits per heavy atom. The van der Waals surface area contributed by atoms with Crippen molar-refractivity contribution in [2.75, 3.05) is 26.2 Å². The fourth-order valence-corrected chi connectivity index (χ4v) is 8.29. The zero-order valence-electron chi connectivity index (χ0n) is 35.2. The summed E-state index contributed by atoms with van der Waals surface area (Å²) < 4.78 is 52.8. The van der Waals surface area contributed by atoms with Crippen molar-refractivity contribution in [3.63, 3.8) is 0 Å². The molecule has 8 nitrogen and oxygen atoms in total. The number of likely N-dealkylation sites (tertiary alicyclic amines) is 1. The molecule has 11 heteroatoms. The van der Waals surface area contributed by atoms with Gasteiger partial charge in [-0.1, -0.05) is 145 Å². The summed E-state index contributed by atoms with van der Waals surface area (Å²) in [6, 6.07) is 22.6. The molecule has 0 aliphatic carbocycles. The van der Waals surface area contributed by atoms with E-state index >= 15 is 0 Å². The van der Waals surface area contributed by atoms with Gasteiger partial charge in [0, 0.05) is 31.6 Å². The Labute approximate surface area is 349 Å². The molecule has 2 N–H and O–H groups in total. The molecule has 324 valence electrons. The highest BCUT2D eigenvalue weighted by atomic mass is 19.4. The molecule has 2 heterocycles. The summed E-state index contributed by atoms with van der Waals surface area (Å²) in [5.74, 6) is -2.56. The highest BCUT2D eigenvalue weighted by Gasteiger charge is 2.47. The SMILES string of the molecule is CCCCCCCCN(CCCCCCCC)C[C@H]1C[C@@H](c2ccc(CO)cc2)O[C@@H](c2ccc(-c3cccc(CNC(=O)[C@@H]4CCCN4C(=O)C(F)(F)F)c3)cc2)O1. The molecule has 2 amide bonds. The van der Waals surface area contributed by atoms with Crippen LogP contribution in [0.1, 0.15) is 145 Å². The van der Waals surface area contributed by atoms with Crippen LogP contribution in [0.3, 0.4) is 0 Å². The fourth-order valence-electron chi connectivity index (χ4n) is 8.29. The first-order valence-corrected chi connectivity index (χ1v) is 22.2. The van der Waals surface area contributed by atoms with Crippen molar-refractivity contribution in [3.8, 4) is 11.1 Å². The molecule has 2 fully saturated rings. The Kier molecular flexibility index (Phi) is 18.7. The van der Waals surface area contributed by atoms with Crippen LogP contribution < -0.4 is 5.32 Å². The van der Waals surface area contributed by atoms with E-state index < -0.39 is 30.3 Å². The second-order valence-electron chi connectivity index (χ2n) is 16.4. The molecule has 3 aromatic rings. The van der Waals surface area contributed by atoms with Crippen molar-refractivity contribution in [3.05, 3.63) is 95.1 Å². The average Bonchev–Trinajstić information content (AvgIpc) is 3.75. The first kappa shape index (κ1) is 46.3. The van der Waals surface area contributed by atoms with Crippen LogP contribution in [0.15, 0.2) is 72.8 Å². The quantitative estimate of drug-likeness (QED) is 0.0926. The van der Waals surface area contributed by atoms with Crippen LogP contribution in [-0.4, -0.2) is 71.2 Å². The van der Waals surface area contributed by atoms with Crippen molar-refractivity contribution in [1.82, 2.24) is 15.1 Å². The molecule has 5 rings (SSSR count). The summed E-state index contributed by atoms with van der Waals surface area (Å²) in [6.45, 7) is 7.50. The average molecular weight is 822 g/mol. The summed E-state index contributed by atoms with van der Waals surface area (Å²) >= 11 is 0. The molecular weight excluding hydrogens is 756 g/mol. The number of benzene rings is 3. The standard InChI is InChI=1S/C48H66F3N3O5/c1-3-5-7-9-11-13-28-53(29-14-12-10-8-6-4-2)34-42-32-44(39-22-20-36(35-55)21-23-39)59-46(58-42)40-26-24-38(25-27-40)41-18-15-17-37(31-41)33-52-45(56)43-19-16-30-54(43)47(57)48(49,50)51/h15,17-18,20-27,31,42-44,46,55H,3-14,16,19,28-30,32-35H2,1-2H3,(H,52,56)/t42-,43+,44+,46+/m1/s1. The molecule has 0 bridgehead atoms. The molecule has 4 atom stereocenters. The molecule has 0 aromatic heterocycles. The Hall–Kier alpha value is -3.77. The number of amides is 2. The van der Waals surface area contributed by atoms with Gasteiger partial charge in [0.05, 0.1) is 18.8 Å². The number of ether oxygens (including phenoxy) is 2. The first-order valence-electron chi connectivity index (χ1n) is 22.2. The van der Waals surface area contributed by atoms with Crippen molar-refractivity contribution < 1.29 is 37.3 Å². The summed E-state index contributed by atoms with van der Waals surface area (Å²) in [7, 11) is 0. The number of aliphatic hydroxyl groups excluding tert-OH is 1. The predicted octanol–water partition coefficient (Wildman–Crippen LogP) is 10.6. The van der Waals surface area contributed by atoms with E-state index in [1.54, 1.807) is 0 Å². The van der Waals surface area contributed by atoms with E-state index in [1.807, 2.05) is 72.8 Å². The maximum atomic E-state index is 13.1. The maximum Gasteiger partial charge on any atom is 0.471 e. The topological polar surface area (TPSA) is 91.3 Å². The third-order valence-corrected chi connectivity index (χ3v) is 11.7. The largest absolute Gasteiger partial charge is 0.471 e. The lowest BCUT2D eigenvalue weighted by atomic mass is 9.98. The van der Waals surface area contributed by atoms with E-state index in [2.05, 4.69) is 24.1 Å². The highest BCUT2D eigenvalue weighted by molar-refractivity contribution is 5.90. The lowest BCUT2D eigenvalue weighted by Crippen LogP contribution is -2.50. The molecular formula is C48H66F3N3O5. The molecule has 0 saturated carbocycles. The van der Waals surface area contributed by atoms with Crippen LogP contribution in [0.5, 0.6) is 0 Å². The van der Waals surface area contributed by atoms with Gasteiger partial charge < -0.3 is 29.7 Å². The second-order valence-corrected chi connectivity index (χ2v) is 16.4. The van der Waals surface area contributed by atoms with Gasteiger partial charge in [-0.2, -0.15) is 13.2 Å². The Balaban J connectivity index is 1.26. The van der Waals surface area contributed by atoms with Gasteiger partial charge in [-0.05, 0) is 72.7 Å². The zero-order valence-corrected chi connectivity index (χ0v) is 35.2. The summed E-state index contributed by atoms with van der Waals surface area (Å²) in [6.07, 6.45) is 10.6. The van der Waals surface area contributed by atoms with Crippen LogP contribution in [0.25, 0.3) is 11.1 Å². The molecule has 0 unspecified atom stereocenters. The van der Waals surface area contributed by atoms with Gasteiger partial charge in [-0.25, -0.2) is 0 Å². The van der Waals surface area contributed by atoms with Crippen LogP contribution >= 0.6 is 0 Å². The monoisotopic (exact) mass is 821 g/mol. The summed E-state index contributed by atoms with van der Waals surface area (Å²) in [5.41, 5.74) is 5.49. The van der Waals surface area contributed by atoms with Crippen molar-refractivity contribution >= 4 is 11.8 Å². The molecule has 2 aliphatic heterocycles. The molecule has 2 aliphatic rings. The lowest BCUT2D eigenvalue weighted by molar-refractivity contribution is -0.253. The smallest absolute Gasteiger partial charge is 0.392 e. The van der Waals surface area contributed by atoms with Crippen molar-refractivity contribution in [1.29, 1.82) is 0 Å². The van der Waals surface area contributed by atoms with Gasteiger partial charge in [0.1, 0.15) is 6.04 Å². The Morgan fingerprint density at radius 3 is 2.03 bits per heavy atom. The van der Waals surface area contributed by atoms with E-state index in [-0.39, 0.29) is 38.3 Å². The van der Waals surface area contributed by atoms with E-state index in [9.17, 15) is 27.9 Å². The summed E-state index contributed by atoms with van der Waals surface area (Å²) in [4.78, 5) is 28.0. The third kappa shape index (κ3) is 14.4. The van der Waals surface area contributed by atoms with E-state index in [4.69, 9.17) is 9.47 Å². The summed E-state index contributed by atoms with van der Waals surface area (Å²) in [5, 5.41) is 12.4. The number of hydrogen-bond donors (Lipinski definition) is 2. The minimum atomic E-state index is -5.01. The number of hydrogen-bond acceptors (Lipinski definition) is 6. The third-order valence-electron chi connectivity index (χ3n) is 11.7. The Bertz CT molecular complexity index is 1690. The number of aliphatic hydroxyl groups is 1. The fraction of sp³-hybridized carbons (Fsp3) is 0.583. The predicted molar refractivity (Wildman–Crippen MR) is 226 cm³/mol. The number of carbonyl (C=O) groups excluding carboxylic acids is 2. The molecule has 2 saturated heterocycles. The van der Waals surface area contributed by atoms with Gasteiger partial charge in [0.25, 0.3) is 0 Å². The molecule has 3 aromatic carbocycles. The van der Waals surface area contributed by atoms with Gasteiger partial charge in [0.15, 0.2) is 6.29 Å². The lowest BCUT2D eigenvalue weighted by Gasteiger charge is -2.38. The van der Waals surface area contributed by atoms with Crippen molar-refractivity contribution in [2.24, 2.45) is 0 Å².